The monoisotopic (exact) mass is 371 g/mol. The van der Waals surface area contributed by atoms with Gasteiger partial charge < -0.3 is 24.8 Å². The number of carbonyl (C=O) groups is 1. The summed E-state index contributed by atoms with van der Waals surface area (Å²) in [5, 5.41) is 19.1. The quantitative estimate of drug-likeness (QED) is 0.615. The highest BCUT2D eigenvalue weighted by atomic mass is 19.1. The van der Waals surface area contributed by atoms with Crippen LogP contribution >= 0.6 is 0 Å². The van der Waals surface area contributed by atoms with Gasteiger partial charge in [0.25, 0.3) is 5.91 Å². The lowest BCUT2D eigenvalue weighted by molar-refractivity contribution is 0.0585. The van der Waals surface area contributed by atoms with Crippen LogP contribution in [0.15, 0.2) is 36.4 Å². The van der Waals surface area contributed by atoms with Crippen molar-refractivity contribution in [2.24, 2.45) is 0 Å². The van der Waals surface area contributed by atoms with Gasteiger partial charge in [-0.3, -0.25) is 4.79 Å². The number of ether oxygens (including phenoxy) is 1. The molecule has 0 bridgehead atoms. The number of imidazole rings is 1. The second kappa shape index (κ2) is 6.79. The molecule has 3 N–H and O–H groups in total. The summed E-state index contributed by atoms with van der Waals surface area (Å²) >= 11 is 0. The van der Waals surface area contributed by atoms with E-state index in [2.05, 4.69) is 9.97 Å². The first-order chi connectivity index (χ1) is 13.0. The van der Waals surface area contributed by atoms with Crippen LogP contribution in [0.4, 0.5) is 4.39 Å². The number of nitrogens with zero attached hydrogens (tertiary/aromatic N) is 2. The van der Waals surface area contributed by atoms with Crippen molar-refractivity contribution in [3.05, 3.63) is 48.0 Å². The van der Waals surface area contributed by atoms with E-state index in [1.165, 1.54) is 24.3 Å². The van der Waals surface area contributed by atoms with E-state index in [1.54, 1.807) is 17.0 Å². The molecule has 7 nitrogen and oxygen atoms in total. The topological polar surface area (TPSA) is 98.7 Å². The smallest absolute Gasteiger partial charge is 0.289 e. The van der Waals surface area contributed by atoms with E-state index in [9.17, 15) is 19.4 Å². The van der Waals surface area contributed by atoms with Gasteiger partial charge >= 0.3 is 0 Å². The lowest BCUT2D eigenvalue weighted by Gasteiger charge is -2.31. The van der Waals surface area contributed by atoms with Crippen LogP contribution in [-0.2, 0) is 0 Å². The Hall–Kier alpha value is -3.29. The molecule has 2 aromatic carbocycles. The molecular formula is C19H18FN3O4. The third kappa shape index (κ3) is 3.51. The summed E-state index contributed by atoms with van der Waals surface area (Å²) in [7, 11) is 0. The minimum absolute atomic E-state index is 0.0379. The van der Waals surface area contributed by atoms with Gasteiger partial charge in [-0.15, -0.1) is 0 Å². The number of fused-ring (bicyclic) bond motifs is 1. The minimum atomic E-state index is -0.310. The molecule has 0 saturated carbocycles. The van der Waals surface area contributed by atoms with E-state index in [0.717, 1.165) is 0 Å². The molecule has 1 aromatic heterocycles. The predicted molar refractivity (Wildman–Crippen MR) is 95.4 cm³/mol. The lowest BCUT2D eigenvalue weighted by atomic mass is 10.1. The highest BCUT2D eigenvalue weighted by Crippen LogP contribution is 2.29. The summed E-state index contributed by atoms with van der Waals surface area (Å²) < 4.78 is 18.8. The molecular weight excluding hydrogens is 353 g/mol. The molecule has 4 rings (SSSR count). The molecule has 1 aliphatic heterocycles. The van der Waals surface area contributed by atoms with Crippen molar-refractivity contribution in [3.8, 4) is 17.2 Å². The highest BCUT2D eigenvalue weighted by Gasteiger charge is 2.26. The fourth-order valence-corrected chi connectivity index (χ4v) is 3.17. The summed E-state index contributed by atoms with van der Waals surface area (Å²) in [6, 6.07) is 8.52. The van der Waals surface area contributed by atoms with E-state index in [1.807, 2.05) is 0 Å². The Labute approximate surface area is 154 Å². The number of benzene rings is 2. The van der Waals surface area contributed by atoms with Crippen LogP contribution in [0.5, 0.6) is 17.2 Å². The molecule has 0 spiro atoms. The molecule has 0 unspecified atom stereocenters. The molecule has 3 aromatic rings. The Balaban J connectivity index is 1.40. The van der Waals surface area contributed by atoms with Gasteiger partial charge in [-0.1, -0.05) is 0 Å². The predicted octanol–water partition coefficient (Wildman–Crippen LogP) is 2.80. The number of aromatic amines is 1. The molecule has 2 heterocycles. The van der Waals surface area contributed by atoms with Crippen LogP contribution < -0.4 is 4.74 Å². The fourth-order valence-electron chi connectivity index (χ4n) is 3.17. The number of aromatic hydroxyl groups is 2. The van der Waals surface area contributed by atoms with E-state index in [4.69, 9.17) is 4.74 Å². The average molecular weight is 371 g/mol. The number of carbonyl (C=O) groups excluding carboxylic acids is 1. The van der Waals surface area contributed by atoms with Crippen molar-refractivity contribution in [2.75, 3.05) is 13.1 Å². The molecule has 27 heavy (non-hydrogen) atoms. The number of hydrogen-bond donors (Lipinski definition) is 3. The minimum Gasteiger partial charge on any atom is -0.504 e. The number of phenolic OH excluding ortho intramolecular Hbond substituents is 2. The van der Waals surface area contributed by atoms with Crippen LogP contribution in [0.3, 0.4) is 0 Å². The molecule has 8 heteroatoms. The molecule has 0 atom stereocenters. The SMILES string of the molecule is O=C(c1nc2cc(O)c(O)cc2[nH]1)N1CCC(Oc2ccc(F)cc2)CC1. The maximum Gasteiger partial charge on any atom is 0.289 e. The van der Waals surface area contributed by atoms with Gasteiger partial charge in [0.15, 0.2) is 17.3 Å². The molecule has 1 fully saturated rings. The zero-order valence-corrected chi connectivity index (χ0v) is 14.4. The van der Waals surface area contributed by atoms with Gasteiger partial charge in [-0.2, -0.15) is 0 Å². The number of aromatic nitrogens is 2. The number of rotatable bonds is 3. The van der Waals surface area contributed by atoms with Crippen LogP contribution in [0.1, 0.15) is 23.5 Å². The Bertz CT molecular complexity index is 940. The van der Waals surface area contributed by atoms with Crippen LogP contribution in [-0.4, -0.2) is 50.2 Å². The Kier molecular flexibility index (Phi) is 4.31. The van der Waals surface area contributed by atoms with Gasteiger partial charge in [0, 0.05) is 38.1 Å². The third-order valence-corrected chi connectivity index (χ3v) is 4.63. The number of nitrogens with one attached hydrogen (secondary N) is 1. The molecule has 1 saturated heterocycles. The van der Waals surface area contributed by atoms with Crippen LogP contribution in [0.2, 0.25) is 0 Å². The van der Waals surface area contributed by atoms with Crippen molar-refractivity contribution in [1.82, 2.24) is 14.9 Å². The van der Waals surface area contributed by atoms with E-state index >= 15 is 0 Å². The first-order valence-corrected chi connectivity index (χ1v) is 8.63. The zero-order valence-electron chi connectivity index (χ0n) is 14.4. The zero-order chi connectivity index (χ0) is 19.0. The standard InChI is InChI=1S/C19H18FN3O4/c20-11-1-3-12(4-2-11)27-13-5-7-23(8-6-13)19(26)18-21-14-9-16(24)17(25)10-15(14)22-18/h1-4,9-10,13,24-25H,5-8H2,(H,21,22). The molecule has 140 valence electrons. The summed E-state index contributed by atoms with van der Waals surface area (Å²) in [5.41, 5.74) is 0.881. The van der Waals surface area contributed by atoms with E-state index < -0.39 is 0 Å². The van der Waals surface area contributed by atoms with Gasteiger partial charge in [0.2, 0.25) is 0 Å². The van der Waals surface area contributed by atoms with E-state index in [-0.39, 0.29) is 35.2 Å². The Morgan fingerprint density at radius 1 is 1.15 bits per heavy atom. The molecule has 1 amide bonds. The summed E-state index contributed by atoms with van der Waals surface area (Å²) in [5.74, 6) is -0.345. The van der Waals surface area contributed by atoms with Crippen molar-refractivity contribution in [1.29, 1.82) is 0 Å². The van der Waals surface area contributed by atoms with Gasteiger partial charge in [-0.05, 0) is 24.3 Å². The number of hydrogen-bond acceptors (Lipinski definition) is 5. The summed E-state index contributed by atoms with van der Waals surface area (Å²) in [4.78, 5) is 21.4. The number of H-pyrrole nitrogens is 1. The van der Waals surface area contributed by atoms with Crippen molar-refractivity contribution >= 4 is 16.9 Å². The number of likely N-dealkylation sites (tertiary alicyclic amines) is 1. The first kappa shape index (κ1) is 17.1. The summed E-state index contributed by atoms with van der Waals surface area (Å²) in [6.07, 6.45) is 1.28. The average Bonchev–Trinajstić information content (AvgIpc) is 3.07. The number of halogens is 1. The molecule has 0 radical (unpaired) electrons. The summed E-state index contributed by atoms with van der Waals surface area (Å²) in [6.45, 7) is 1.02. The number of amides is 1. The maximum absolute atomic E-state index is 13.0. The number of phenols is 2. The maximum atomic E-state index is 13.0. The Morgan fingerprint density at radius 3 is 2.52 bits per heavy atom. The van der Waals surface area contributed by atoms with Crippen LogP contribution in [0, 0.1) is 5.82 Å². The number of piperidine rings is 1. The van der Waals surface area contributed by atoms with Gasteiger partial charge in [-0.25, -0.2) is 9.37 Å². The highest BCUT2D eigenvalue weighted by molar-refractivity contribution is 5.94. The third-order valence-electron chi connectivity index (χ3n) is 4.63. The van der Waals surface area contributed by atoms with Crippen molar-refractivity contribution < 1.29 is 24.1 Å². The fraction of sp³-hybridized carbons (Fsp3) is 0.263. The first-order valence-electron chi connectivity index (χ1n) is 8.63. The van der Waals surface area contributed by atoms with Crippen molar-refractivity contribution in [2.45, 2.75) is 18.9 Å². The second-order valence-corrected chi connectivity index (χ2v) is 6.51. The second-order valence-electron chi connectivity index (χ2n) is 6.51. The largest absolute Gasteiger partial charge is 0.504 e. The van der Waals surface area contributed by atoms with E-state index in [0.29, 0.717) is 42.7 Å². The van der Waals surface area contributed by atoms with Gasteiger partial charge in [0.1, 0.15) is 17.7 Å². The molecule has 1 aliphatic rings. The lowest BCUT2D eigenvalue weighted by Crippen LogP contribution is -2.42. The normalized spacial score (nSPS) is 15.2. The van der Waals surface area contributed by atoms with Crippen molar-refractivity contribution in [3.63, 3.8) is 0 Å². The van der Waals surface area contributed by atoms with Crippen LogP contribution in [0.25, 0.3) is 11.0 Å². The van der Waals surface area contributed by atoms with Gasteiger partial charge in [0.05, 0.1) is 11.0 Å². The molecule has 0 aliphatic carbocycles. The Morgan fingerprint density at radius 2 is 1.81 bits per heavy atom.